The van der Waals surface area contributed by atoms with Crippen molar-refractivity contribution in [3.63, 3.8) is 0 Å². The number of hydrogen-bond acceptors (Lipinski definition) is 3. The van der Waals surface area contributed by atoms with E-state index in [1.165, 1.54) is 12.1 Å². The molecular formula is C21H25FN4. The predicted molar refractivity (Wildman–Crippen MR) is 104 cm³/mol. The third-order valence-corrected chi connectivity index (χ3v) is 5.19. The van der Waals surface area contributed by atoms with Crippen molar-refractivity contribution < 1.29 is 4.39 Å². The second kappa shape index (κ2) is 7.08. The van der Waals surface area contributed by atoms with Gasteiger partial charge in [0.2, 0.25) is 5.95 Å². The molecule has 1 aliphatic heterocycles. The molecule has 4 rings (SSSR count). The second-order valence-corrected chi connectivity index (χ2v) is 7.36. The number of benzene rings is 2. The van der Waals surface area contributed by atoms with E-state index in [1.54, 1.807) is 0 Å². The summed E-state index contributed by atoms with van der Waals surface area (Å²) in [6.45, 7) is 7.31. The number of anilines is 1. The molecule has 1 fully saturated rings. The lowest BCUT2D eigenvalue weighted by molar-refractivity contribution is 0.274. The van der Waals surface area contributed by atoms with Crippen molar-refractivity contribution in [1.29, 1.82) is 0 Å². The standard InChI is InChI=1S/C21H25FN4/c1-15(2)25-12-11-18(14-25)23-21-24-19-5-3-4-6-20(19)26(21)13-16-7-9-17(22)10-8-16/h3-10,15,18H,11-14H2,1-2H3,(H,23,24). The summed E-state index contributed by atoms with van der Waals surface area (Å²) in [5.74, 6) is 0.688. The first kappa shape index (κ1) is 17.0. The fraction of sp³-hybridized carbons (Fsp3) is 0.381. The molecule has 26 heavy (non-hydrogen) atoms. The molecule has 0 radical (unpaired) electrons. The van der Waals surface area contributed by atoms with Crippen molar-refractivity contribution in [3.05, 3.63) is 59.9 Å². The van der Waals surface area contributed by atoms with E-state index in [2.05, 4.69) is 34.7 Å². The lowest BCUT2D eigenvalue weighted by Gasteiger charge is -2.21. The average molecular weight is 352 g/mol. The highest BCUT2D eigenvalue weighted by molar-refractivity contribution is 5.78. The number of likely N-dealkylation sites (tertiary alicyclic amines) is 1. The van der Waals surface area contributed by atoms with Gasteiger partial charge in [-0.05, 0) is 50.1 Å². The van der Waals surface area contributed by atoms with Gasteiger partial charge in [-0.3, -0.25) is 4.90 Å². The SMILES string of the molecule is CC(C)N1CCC(Nc2nc3ccccc3n2Cc2ccc(F)cc2)C1. The summed E-state index contributed by atoms with van der Waals surface area (Å²) in [5.41, 5.74) is 3.14. The van der Waals surface area contributed by atoms with Crippen molar-refractivity contribution in [2.75, 3.05) is 18.4 Å². The number of halogens is 1. The maximum absolute atomic E-state index is 13.2. The fourth-order valence-corrected chi connectivity index (χ4v) is 3.67. The maximum atomic E-state index is 13.2. The Balaban J connectivity index is 1.62. The molecule has 1 saturated heterocycles. The predicted octanol–water partition coefficient (Wildman–Crippen LogP) is 4.12. The van der Waals surface area contributed by atoms with E-state index < -0.39 is 0 Å². The van der Waals surface area contributed by atoms with E-state index in [1.807, 2.05) is 30.3 Å². The van der Waals surface area contributed by atoms with Crippen molar-refractivity contribution in [3.8, 4) is 0 Å². The van der Waals surface area contributed by atoms with Gasteiger partial charge in [-0.25, -0.2) is 9.37 Å². The Morgan fingerprint density at radius 2 is 1.92 bits per heavy atom. The molecule has 2 aromatic carbocycles. The third kappa shape index (κ3) is 3.44. The highest BCUT2D eigenvalue weighted by Crippen LogP contribution is 2.24. The Labute approximate surface area is 153 Å². The summed E-state index contributed by atoms with van der Waals surface area (Å²) in [6.07, 6.45) is 1.12. The zero-order valence-corrected chi connectivity index (χ0v) is 15.3. The van der Waals surface area contributed by atoms with Crippen LogP contribution in [0.1, 0.15) is 25.8 Å². The van der Waals surface area contributed by atoms with E-state index in [4.69, 9.17) is 4.98 Å². The number of para-hydroxylation sites is 2. The van der Waals surface area contributed by atoms with Gasteiger partial charge in [-0.2, -0.15) is 0 Å². The van der Waals surface area contributed by atoms with Crippen LogP contribution in [0.3, 0.4) is 0 Å². The summed E-state index contributed by atoms with van der Waals surface area (Å²) < 4.78 is 15.4. The summed E-state index contributed by atoms with van der Waals surface area (Å²) in [6, 6.07) is 15.8. The van der Waals surface area contributed by atoms with E-state index in [9.17, 15) is 4.39 Å². The van der Waals surface area contributed by atoms with Crippen LogP contribution in [-0.2, 0) is 6.54 Å². The molecule has 3 aromatic rings. The Hall–Kier alpha value is -2.40. The Morgan fingerprint density at radius 1 is 1.15 bits per heavy atom. The minimum Gasteiger partial charge on any atom is -0.352 e. The van der Waals surface area contributed by atoms with Crippen molar-refractivity contribution in [1.82, 2.24) is 14.5 Å². The summed E-state index contributed by atoms with van der Waals surface area (Å²) in [7, 11) is 0. The quantitative estimate of drug-likeness (QED) is 0.750. The summed E-state index contributed by atoms with van der Waals surface area (Å²) in [4.78, 5) is 7.31. The molecule has 0 saturated carbocycles. The van der Waals surface area contributed by atoms with Crippen LogP contribution >= 0.6 is 0 Å². The van der Waals surface area contributed by atoms with Gasteiger partial charge in [0.05, 0.1) is 17.6 Å². The molecular weight excluding hydrogens is 327 g/mol. The largest absolute Gasteiger partial charge is 0.352 e. The van der Waals surface area contributed by atoms with Crippen LogP contribution in [0.2, 0.25) is 0 Å². The van der Waals surface area contributed by atoms with Crippen LogP contribution in [0.25, 0.3) is 11.0 Å². The molecule has 1 N–H and O–H groups in total. The van der Waals surface area contributed by atoms with Crippen molar-refractivity contribution in [2.45, 2.75) is 38.9 Å². The Kier molecular flexibility index (Phi) is 4.64. The van der Waals surface area contributed by atoms with Gasteiger partial charge >= 0.3 is 0 Å². The lowest BCUT2D eigenvalue weighted by atomic mass is 10.2. The normalized spacial score (nSPS) is 18.1. The molecule has 1 aliphatic rings. The molecule has 0 spiro atoms. The Morgan fingerprint density at radius 3 is 2.65 bits per heavy atom. The number of imidazole rings is 1. The zero-order chi connectivity index (χ0) is 18.1. The topological polar surface area (TPSA) is 33.1 Å². The smallest absolute Gasteiger partial charge is 0.204 e. The fourth-order valence-electron chi connectivity index (χ4n) is 3.67. The van der Waals surface area contributed by atoms with Gasteiger partial charge in [0, 0.05) is 25.2 Å². The van der Waals surface area contributed by atoms with Crippen molar-refractivity contribution >= 4 is 17.0 Å². The Bertz CT molecular complexity index is 885. The first-order chi connectivity index (χ1) is 12.6. The molecule has 1 unspecified atom stereocenters. The first-order valence-electron chi connectivity index (χ1n) is 9.30. The molecule has 4 nitrogen and oxygen atoms in total. The number of nitrogens with zero attached hydrogens (tertiary/aromatic N) is 3. The van der Waals surface area contributed by atoms with Gasteiger partial charge in [-0.15, -0.1) is 0 Å². The van der Waals surface area contributed by atoms with Crippen molar-refractivity contribution in [2.24, 2.45) is 0 Å². The van der Waals surface area contributed by atoms with Gasteiger partial charge in [0.1, 0.15) is 5.82 Å². The van der Waals surface area contributed by atoms with E-state index in [0.717, 1.165) is 42.1 Å². The van der Waals surface area contributed by atoms with Gasteiger partial charge in [0.15, 0.2) is 0 Å². The number of hydrogen-bond donors (Lipinski definition) is 1. The number of fused-ring (bicyclic) bond motifs is 1. The zero-order valence-electron chi connectivity index (χ0n) is 15.3. The lowest BCUT2D eigenvalue weighted by Crippen LogP contribution is -2.31. The summed E-state index contributed by atoms with van der Waals surface area (Å²) >= 11 is 0. The van der Waals surface area contributed by atoms with Gasteiger partial charge in [0.25, 0.3) is 0 Å². The van der Waals surface area contributed by atoms with Gasteiger partial charge < -0.3 is 9.88 Å². The van der Waals surface area contributed by atoms with Crippen LogP contribution in [0.5, 0.6) is 0 Å². The molecule has 0 aliphatic carbocycles. The van der Waals surface area contributed by atoms with Crippen LogP contribution < -0.4 is 5.32 Å². The molecule has 0 bridgehead atoms. The number of nitrogens with one attached hydrogen (secondary N) is 1. The third-order valence-electron chi connectivity index (χ3n) is 5.19. The maximum Gasteiger partial charge on any atom is 0.204 e. The monoisotopic (exact) mass is 352 g/mol. The van der Waals surface area contributed by atoms with Crippen LogP contribution in [0, 0.1) is 5.82 Å². The molecule has 1 aromatic heterocycles. The highest BCUT2D eigenvalue weighted by atomic mass is 19.1. The number of aromatic nitrogens is 2. The molecule has 2 heterocycles. The molecule has 1 atom stereocenters. The van der Waals surface area contributed by atoms with Crippen LogP contribution in [0.4, 0.5) is 10.3 Å². The minimum absolute atomic E-state index is 0.206. The number of rotatable bonds is 5. The van der Waals surface area contributed by atoms with Gasteiger partial charge in [-0.1, -0.05) is 24.3 Å². The highest BCUT2D eigenvalue weighted by Gasteiger charge is 2.25. The first-order valence-corrected chi connectivity index (χ1v) is 9.30. The average Bonchev–Trinajstić information content (AvgIpc) is 3.23. The van der Waals surface area contributed by atoms with Crippen LogP contribution in [-0.4, -0.2) is 39.6 Å². The van der Waals surface area contributed by atoms with Crippen LogP contribution in [0.15, 0.2) is 48.5 Å². The van der Waals surface area contributed by atoms with E-state index >= 15 is 0 Å². The summed E-state index contributed by atoms with van der Waals surface area (Å²) in [5, 5.41) is 3.65. The minimum atomic E-state index is -0.206. The van der Waals surface area contributed by atoms with E-state index in [0.29, 0.717) is 18.6 Å². The molecule has 5 heteroatoms. The molecule has 136 valence electrons. The molecule has 0 amide bonds. The second-order valence-electron chi connectivity index (χ2n) is 7.36. The van der Waals surface area contributed by atoms with E-state index in [-0.39, 0.29) is 5.82 Å².